The lowest BCUT2D eigenvalue weighted by Crippen LogP contribution is -2.60. The minimum Gasteiger partial charge on any atom is -0.507 e. The molecule has 2 aromatic carbocycles. The van der Waals surface area contributed by atoms with Gasteiger partial charge in [0.05, 0.1) is 13.2 Å². The molecule has 2 aliphatic rings. The summed E-state index contributed by atoms with van der Waals surface area (Å²) < 4.78 is 27.6. The molecule has 0 bridgehead atoms. The monoisotopic (exact) mass is 594 g/mol. The van der Waals surface area contributed by atoms with Crippen LogP contribution in [0.5, 0.6) is 17.2 Å². The second-order valence-corrected chi connectivity index (χ2v) is 9.95. The third-order valence-corrected chi connectivity index (χ3v) is 7.12. The van der Waals surface area contributed by atoms with E-state index in [4.69, 9.17) is 23.4 Å². The van der Waals surface area contributed by atoms with Gasteiger partial charge >= 0.3 is 0 Å². The second kappa shape index (κ2) is 12.1. The van der Waals surface area contributed by atoms with E-state index in [2.05, 4.69) is 0 Å². The summed E-state index contributed by atoms with van der Waals surface area (Å²) in [5.41, 5.74) is -0.293. The number of aliphatic hydroxyl groups is 8. The van der Waals surface area contributed by atoms with Crippen LogP contribution in [-0.2, 0) is 9.47 Å². The molecule has 0 aliphatic carbocycles. The van der Waals surface area contributed by atoms with Crippen molar-refractivity contribution in [1.29, 1.82) is 0 Å². The Bertz CT molecular complexity index is 1440. The molecular weight excluding hydrogens is 564 g/mol. The minimum atomic E-state index is -1.71. The van der Waals surface area contributed by atoms with Crippen LogP contribution in [0.3, 0.4) is 0 Å². The maximum Gasteiger partial charge on any atom is 0.229 e. The van der Waals surface area contributed by atoms with Crippen molar-refractivity contribution in [3.8, 4) is 28.6 Å². The average molecular weight is 595 g/mol. The largest absolute Gasteiger partial charge is 0.507 e. The fourth-order valence-electron chi connectivity index (χ4n) is 4.75. The fourth-order valence-corrected chi connectivity index (χ4v) is 4.75. The first-order valence-electron chi connectivity index (χ1n) is 12.9. The first-order valence-corrected chi connectivity index (χ1v) is 12.9. The summed E-state index contributed by atoms with van der Waals surface area (Å²) in [6.07, 6.45) is -15.0. The van der Waals surface area contributed by atoms with Gasteiger partial charge in [0.15, 0.2) is 5.43 Å². The lowest BCUT2D eigenvalue weighted by molar-refractivity contribution is -0.277. The Labute approximate surface area is 236 Å². The SMILES string of the molecule is O=c1cc(-c2ccc(OC3OC(CO)C(O)C(O)C3O)cc2)oc2cc(OC3OC(CO)C(O)C(O)C3O)cc(O)c12. The molecular formula is C27H30O15. The van der Waals surface area contributed by atoms with Crippen LogP contribution in [0, 0.1) is 0 Å². The number of aliphatic hydroxyl groups excluding tert-OH is 8. The highest BCUT2D eigenvalue weighted by Crippen LogP contribution is 2.34. The zero-order valence-corrected chi connectivity index (χ0v) is 21.7. The van der Waals surface area contributed by atoms with Gasteiger partial charge < -0.3 is 69.3 Å². The van der Waals surface area contributed by atoms with E-state index in [9.17, 15) is 50.8 Å². The van der Waals surface area contributed by atoms with E-state index < -0.39 is 85.8 Å². The maximum atomic E-state index is 12.8. The zero-order chi connectivity index (χ0) is 30.3. The van der Waals surface area contributed by atoms with E-state index >= 15 is 0 Å². The molecule has 228 valence electrons. The van der Waals surface area contributed by atoms with Crippen LogP contribution in [0.1, 0.15) is 0 Å². The van der Waals surface area contributed by atoms with Crippen molar-refractivity contribution in [3.63, 3.8) is 0 Å². The molecule has 0 spiro atoms. The van der Waals surface area contributed by atoms with Gasteiger partial charge in [-0.3, -0.25) is 4.79 Å². The first-order chi connectivity index (χ1) is 20.0. The van der Waals surface area contributed by atoms with E-state index in [0.717, 1.165) is 12.1 Å². The van der Waals surface area contributed by atoms with E-state index in [-0.39, 0.29) is 28.2 Å². The highest BCUT2D eigenvalue weighted by Gasteiger charge is 2.45. The molecule has 5 rings (SSSR count). The number of benzene rings is 2. The summed E-state index contributed by atoms with van der Waals surface area (Å²) in [5, 5.41) is 89.3. The van der Waals surface area contributed by atoms with Crippen LogP contribution in [-0.4, -0.2) is 121 Å². The van der Waals surface area contributed by atoms with Crippen LogP contribution >= 0.6 is 0 Å². The smallest absolute Gasteiger partial charge is 0.229 e. The Balaban J connectivity index is 1.37. The Morgan fingerprint density at radius 1 is 0.667 bits per heavy atom. The minimum absolute atomic E-state index is 0.0799. The van der Waals surface area contributed by atoms with Crippen LogP contribution in [0.15, 0.2) is 51.7 Å². The topological polar surface area (TPSA) is 249 Å². The lowest BCUT2D eigenvalue weighted by Gasteiger charge is -2.39. The fraction of sp³-hybridized carbons (Fsp3) is 0.444. The van der Waals surface area contributed by atoms with E-state index in [1.807, 2.05) is 0 Å². The number of aromatic hydroxyl groups is 1. The number of hydrogen-bond donors (Lipinski definition) is 9. The summed E-state index contributed by atoms with van der Waals surface area (Å²) in [6.45, 7) is -1.28. The van der Waals surface area contributed by atoms with Gasteiger partial charge in [-0.25, -0.2) is 0 Å². The predicted molar refractivity (Wildman–Crippen MR) is 138 cm³/mol. The molecule has 10 atom stereocenters. The highest BCUT2D eigenvalue weighted by molar-refractivity contribution is 5.86. The zero-order valence-electron chi connectivity index (χ0n) is 21.7. The number of rotatable bonds is 7. The van der Waals surface area contributed by atoms with Gasteiger partial charge in [0.1, 0.15) is 82.8 Å². The van der Waals surface area contributed by atoms with Crippen molar-refractivity contribution in [2.75, 3.05) is 13.2 Å². The Kier molecular flexibility index (Phi) is 8.68. The standard InChI is InChI=1S/C27H30O15/c28-8-17-20(32)22(34)24(36)26(41-17)38-11-3-1-10(2-4-11)15-7-14(31)19-13(30)5-12(6-16(19)40-15)39-27-25(37)23(35)21(33)18(9-29)42-27/h1-7,17-18,20-30,32-37H,8-9H2. The molecule has 0 amide bonds. The third-order valence-electron chi connectivity index (χ3n) is 7.12. The number of ether oxygens (including phenoxy) is 4. The van der Waals surface area contributed by atoms with Crippen LogP contribution in [0.2, 0.25) is 0 Å². The van der Waals surface area contributed by atoms with Gasteiger partial charge in [-0.1, -0.05) is 0 Å². The molecule has 3 heterocycles. The third kappa shape index (κ3) is 5.67. The second-order valence-electron chi connectivity index (χ2n) is 9.95. The molecule has 15 nitrogen and oxygen atoms in total. The number of phenols is 1. The normalized spacial score (nSPS) is 33.4. The van der Waals surface area contributed by atoms with Crippen LogP contribution in [0.25, 0.3) is 22.3 Å². The molecule has 42 heavy (non-hydrogen) atoms. The predicted octanol–water partition coefficient (Wildman–Crippen LogP) is -2.48. The number of phenolic OH excluding ortho intramolecular Hbond substituents is 1. The van der Waals surface area contributed by atoms with Crippen molar-refractivity contribution in [2.24, 2.45) is 0 Å². The summed E-state index contributed by atoms with van der Waals surface area (Å²) >= 11 is 0. The molecule has 15 heteroatoms. The van der Waals surface area contributed by atoms with Gasteiger partial charge in [-0.05, 0) is 24.3 Å². The molecule has 2 saturated heterocycles. The molecule has 3 aromatic rings. The van der Waals surface area contributed by atoms with Crippen molar-refractivity contribution >= 4 is 11.0 Å². The van der Waals surface area contributed by atoms with Crippen LogP contribution in [0.4, 0.5) is 0 Å². The van der Waals surface area contributed by atoms with E-state index in [1.54, 1.807) is 0 Å². The van der Waals surface area contributed by atoms with Crippen molar-refractivity contribution < 1.29 is 69.3 Å². The highest BCUT2D eigenvalue weighted by atomic mass is 16.7. The summed E-state index contributed by atoms with van der Waals surface area (Å²) in [5.74, 6) is -0.362. The lowest BCUT2D eigenvalue weighted by atomic mass is 9.99. The Morgan fingerprint density at radius 2 is 1.19 bits per heavy atom. The van der Waals surface area contributed by atoms with Gasteiger partial charge in [0.2, 0.25) is 12.6 Å². The number of hydrogen-bond acceptors (Lipinski definition) is 15. The first kappa shape index (κ1) is 30.1. The van der Waals surface area contributed by atoms with Crippen LogP contribution < -0.4 is 14.9 Å². The maximum absolute atomic E-state index is 12.8. The van der Waals surface area contributed by atoms with Crippen molar-refractivity contribution in [2.45, 2.75) is 61.4 Å². The molecule has 1 aromatic heterocycles. The average Bonchev–Trinajstić information content (AvgIpc) is 2.97. The van der Waals surface area contributed by atoms with Gasteiger partial charge in [0.25, 0.3) is 0 Å². The Morgan fingerprint density at radius 3 is 1.71 bits per heavy atom. The molecule has 0 saturated carbocycles. The Hall–Kier alpha value is -3.35. The summed E-state index contributed by atoms with van der Waals surface area (Å²) in [7, 11) is 0. The van der Waals surface area contributed by atoms with Gasteiger partial charge in [-0.15, -0.1) is 0 Å². The molecule has 10 unspecified atom stereocenters. The van der Waals surface area contributed by atoms with Crippen molar-refractivity contribution in [3.05, 3.63) is 52.7 Å². The van der Waals surface area contributed by atoms with E-state index in [1.165, 1.54) is 30.3 Å². The number of fused-ring (bicyclic) bond motifs is 1. The quantitative estimate of drug-likeness (QED) is 0.137. The van der Waals surface area contributed by atoms with E-state index in [0.29, 0.717) is 5.56 Å². The molecule has 2 fully saturated rings. The summed E-state index contributed by atoms with van der Waals surface area (Å²) in [4.78, 5) is 12.8. The molecule has 9 N–H and O–H groups in total. The molecule has 2 aliphatic heterocycles. The van der Waals surface area contributed by atoms with Gasteiger partial charge in [0, 0.05) is 23.8 Å². The van der Waals surface area contributed by atoms with Crippen molar-refractivity contribution in [1.82, 2.24) is 0 Å². The summed E-state index contributed by atoms with van der Waals surface area (Å²) in [6, 6.07) is 9.40. The van der Waals surface area contributed by atoms with Gasteiger partial charge in [-0.2, -0.15) is 0 Å². The molecule has 0 radical (unpaired) electrons.